The molecule has 1 amide bonds. The summed E-state index contributed by atoms with van der Waals surface area (Å²) < 4.78 is 5.25. The predicted molar refractivity (Wildman–Crippen MR) is 117 cm³/mol. The number of hydrogen-bond donors (Lipinski definition) is 0. The SMILES string of the molecule is O=C(Cc1cccc2cccnc12)OCC(=O)N1CCN(c2cccc(Cl)c2)CC1. The summed E-state index contributed by atoms with van der Waals surface area (Å²) in [5.74, 6) is -0.607. The summed E-state index contributed by atoms with van der Waals surface area (Å²) in [6, 6.07) is 17.2. The highest BCUT2D eigenvalue weighted by Gasteiger charge is 2.22. The summed E-state index contributed by atoms with van der Waals surface area (Å²) in [6.07, 6.45) is 1.79. The maximum Gasteiger partial charge on any atom is 0.310 e. The lowest BCUT2D eigenvalue weighted by Gasteiger charge is -2.36. The smallest absolute Gasteiger partial charge is 0.310 e. The fourth-order valence-corrected chi connectivity index (χ4v) is 3.82. The second kappa shape index (κ2) is 9.13. The van der Waals surface area contributed by atoms with Gasteiger partial charge in [-0.15, -0.1) is 0 Å². The number of amides is 1. The number of halogens is 1. The molecule has 1 aliphatic heterocycles. The summed E-state index contributed by atoms with van der Waals surface area (Å²) in [6.45, 7) is 2.34. The van der Waals surface area contributed by atoms with Crippen LogP contribution >= 0.6 is 11.6 Å². The molecule has 0 N–H and O–H groups in total. The molecule has 6 nitrogen and oxygen atoms in total. The standard InChI is InChI=1S/C23H22ClN3O3/c24-19-7-2-8-20(15-19)26-10-12-27(13-11-26)21(28)16-30-22(29)14-18-5-1-4-17-6-3-9-25-23(17)18/h1-9,15H,10-14,16H2. The number of para-hydroxylation sites is 1. The molecule has 0 saturated carbocycles. The first-order valence-electron chi connectivity index (χ1n) is 9.87. The lowest BCUT2D eigenvalue weighted by molar-refractivity contribution is -0.151. The molecule has 4 rings (SSSR count). The number of aromatic nitrogens is 1. The number of pyridine rings is 1. The minimum Gasteiger partial charge on any atom is -0.455 e. The van der Waals surface area contributed by atoms with Crippen molar-refractivity contribution in [2.75, 3.05) is 37.7 Å². The van der Waals surface area contributed by atoms with E-state index in [-0.39, 0.29) is 18.9 Å². The van der Waals surface area contributed by atoms with Crippen LogP contribution in [0.4, 0.5) is 5.69 Å². The molecule has 2 heterocycles. The highest BCUT2D eigenvalue weighted by Crippen LogP contribution is 2.21. The largest absolute Gasteiger partial charge is 0.455 e. The molecule has 0 bridgehead atoms. The van der Waals surface area contributed by atoms with E-state index in [4.69, 9.17) is 16.3 Å². The average Bonchev–Trinajstić information content (AvgIpc) is 2.78. The Morgan fingerprint density at radius 2 is 1.77 bits per heavy atom. The summed E-state index contributed by atoms with van der Waals surface area (Å²) in [4.78, 5) is 33.0. The molecule has 30 heavy (non-hydrogen) atoms. The average molecular weight is 424 g/mol. The minimum absolute atomic E-state index is 0.0875. The molecule has 1 aromatic heterocycles. The van der Waals surface area contributed by atoms with Crippen molar-refractivity contribution >= 4 is 40.1 Å². The third kappa shape index (κ3) is 4.71. The molecule has 154 valence electrons. The first-order chi connectivity index (χ1) is 14.6. The van der Waals surface area contributed by atoms with E-state index in [1.807, 2.05) is 54.6 Å². The number of esters is 1. The lowest BCUT2D eigenvalue weighted by atomic mass is 10.1. The van der Waals surface area contributed by atoms with Gasteiger partial charge in [0.2, 0.25) is 0 Å². The molecule has 1 fully saturated rings. The Hall–Kier alpha value is -3.12. The van der Waals surface area contributed by atoms with Gasteiger partial charge in [-0.1, -0.05) is 41.9 Å². The number of benzene rings is 2. The van der Waals surface area contributed by atoms with Crippen LogP contribution in [0.25, 0.3) is 10.9 Å². The quantitative estimate of drug-likeness (QED) is 0.589. The van der Waals surface area contributed by atoms with E-state index >= 15 is 0 Å². The van der Waals surface area contributed by atoms with Gasteiger partial charge in [0.15, 0.2) is 6.61 Å². The first kappa shape index (κ1) is 20.2. The zero-order valence-corrected chi connectivity index (χ0v) is 17.2. The Labute approximate surface area is 180 Å². The van der Waals surface area contributed by atoms with Gasteiger partial charge >= 0.3 is 5.97 Å². The van der Waals surface area contributed by atoms with Crippen LogP contribution in [0.3, 0.4) is 0 Å². The number of nitrogens with zero attached hydrogens (tertiary/aromatic N) is 3. The third-order valence-corrected chi connectivity index (χ3v) is 5.45. The fourth-order valence-electron chi connectivity index (χ4n) is 3.64. The number of carbonyl (C=O) groups excluding carboxylic acids is 2. The van der Waals surface area contributed by atoms with Gasteiger partial charge in [-0.05, 0) is 29.8 Å². The van der Waals surface area contributed by atoms with Crippen molar-refractivity contribution in [3.63, 3.8) is 0 Å². The zero-order chi connectivity index (χ0) is 20.9. The second-order valence-corrected chi connectivity index (χ2v) is 7.61. The van der Waals surface area contributed by atoms with Crippen LogP contribution in [-0.2, 0) is 20.7 Å². The van der Waals surface area contributed by atoms with E-state index in [1.165, 1.54) is 0 Å². The van der Waals surface area contributed by atoms with Crippen molar-refractivity contribution in [1.29, 1.82) is 0 Å². The van der Waals surface area contributed by atoms with Gasteiger partial charge in [-0.3, -0.25) is 14.6 Å². The van der Waals surface area contributed by atoms with Crippen molar-refractivity contribution in [2.24, 2.45) is 0 Å². The van der Waals surface area contributed by atoms with Gasteiger partial charge in [0.1, 0.15) is 0 Å². The van der Waals surface area contributed by atoms with E-state index < -0.39 is 5.97 Å². The van der Waals surface area contributed by atoms with E-state index in [0.717, 1.165) is 22.2 Å². The molecule has 1 saturated heterocycles. The third-order valence-electron chi connectivity index (χ3n) is 5.21. The number of anilines is 1. The minimum atomic E-state index is -0.431. The van der Waals surface area contributed by atoms with Crippen LogP contribution in [0, 0.1) is 0 Å². The Kier molecular flexibility index (Phi) is 6.14. The van der Waals surface area contributed by atoms with Crippen LogP contribution < -0.4 is 4.90 Å². The van der Waals surface area contributed by atoms with Gasteiger partial charge in [0.25, 0.3) is 5.91 Å². The van der Waals surface area contributed by atoms with Crippen LogP contribution in [0.5, 0.6) is 0 Å². The Morgan fingerprint density at radius 3 is 2.57 bits per heavy atom. The Bertz CT molecular complexity index is 1060. The number of rotatable bonds is 5. The molecule has 0 aliphatic carbocycles. The first-order valence-corrected chi connectivity index (χ1v) is 10.2. The van der Waals surface area contributed by atoms with E-state index in [9.17, 15) is 9.59 Å². The summed E-state index contributed by atoms with van der Waals surface area (Å²) in [5, 5.41) is 1.66. The summed E-state index contributed by atoms with van der Waals surface area (Å²) in [7, 11) is 0. The molecule has 0 unspecified atom stereocenters. The highest BCUT2D eigenvalue weighted by molar-refractivity contribution is 6.30. The lowest BCUT2D eigenvalue weighted by Crippen LogP contribution is -2.50. The molecular formula is C23H22ClN3O3. The van der Waals surface area contributed by atoms with Crippen molar-refractivity contribution in [1.82, 2.24) is 9.88 Å². The number of ether oxygens (including phenoxy) is 1. The number of hydrogen-bond acceptors (Lipinski definition) is 5. The van der Waals surface area contributed by atoms with Gasteiger partial charge in [-0.25, -0.2) is 0 Å². The van der Waals surface area contributed by atoms with Crippen molar-refractivity contribution < 1.29 is 14.3 Å². The second-order valence-electron chi connectivity index (χ2n) is 7.18. The molecule has 0 atom stereocenters. The molecule has 7 heteroatoms. The van der Waals surface area contributed by atoms with E-state index in [2.05, 4.69) is 9.88 Å². The monoisotopic (exact) mass is 423 g/mol. The fraction of sp³-hybridized carbons (Fsp3) is 0.261. The topological polar surface area (TPSA) is 62.7 Å². The zero-order valence-electron chi connectivity index (χ0n) is 16.5. The van der Waals surface area contributed by atoms with E-state index in [1.54, 1.807) is 11.1 Å². The number of fused-ring (bicyclic) bond motifs is 1. The molecule has 3 aromatic rings. The van der Waals surface area contributed by atoms with Crippen molar-refractivity contribution in [3.8, 4) is 0 Å². The van der Waals surface area contributed by atoms with Gasteiger partial charge < -0.3 is 14.5 Å². The molecule has 2 aromatic carbocycles. The Balaban J connectivity index is 1.27. The van der Waals surface area contributed by atoms with Crippen LogP contribution in [0.1, 0.15) is 5.56 Å². The summed E-state index contributed by atoms with van der Waals surface area (Å²) >= 11 is 6.06. The highest BCUT2D eigenvalue weighted by atomic mass is 35.5. The molecule has 0 radical (unpaired) electrons. The normalized spacial score (nSPS) is 14.0. The maximum atomic E-state index is 12.5. The number of piperazine rings is 1. The van der Waals surface area contributed by atoms with Gasteiger partial charge in [-0.2, -0.15) is 0 Å². The van der Waals surface area contributed by atoms with E-state index in [0.29, 0.717) is 31.2 Å². The molecule has 0 spiro atoms. The van der Waals surface area contributed by atoms with Crippen LogP contribution in [-0.4, -0.2) is 54.5 Å². The van der Waals surface area contributed by atoms with Gasteiger partial charge in [0.05, 0.1) is 11.9 Å². The maximum absolute atomic E-state index is 12.5. The van der Waals surface area contributed by atoms with Gasteiger partial charge in [0, 0.05) is 48.5 Å². The van der Waals surface area contributed by atoms with Crippen molar-refractivity contribution in [3.05, 3.63) is 71.4 Å². The van der Waals surface area contributed by atoms with Crippen LogP contribution in [0.15, 0.2) is 60.8 Å². The molecule has 1 aliphatic rings. The van der Waals surface area contributed by atoms with Crippen molar-refractivity contribution in [2.45, 2.75) is 6.42 Å². The predicted octanol–water partition coefficient (Wildman–Crippen LogP) is 3.32. The number of carbonyl (C=O) groups is 2. The molecular weight excluding hydrogens is 402 g/mol. The summed E-state index contributed by atoms with van der Waals surface area (Å²) in [5.41, 5.74) is 2.62. The Morgan fingerprint density at radius 1 is 1.00 bits per heavy atom. The van der Waals surface area contributed by atoms with Crippen LogP contribution in [0.2, 0.25) is 5.02 Å².